The average Bonchev–Trinajstić information content (AvgIpc) is 2.67. The molecule has 140 valence electrons. The minimum Gasteiger partial charge on any atom is -0.388 e. The maximum Gasteiger partial charge on any atom is 0.319 e. The molecule has 0 saturated carbocycles. The van der Waals surface area contributed by atoms with E-state index in [1.54, 1.807) is 0 Å². The van der Waals surface area contributed by atoms with Crippen molar-refractivity contribution in [1.82, 2.24) is 10.2 Å². The number of benzene rings is 1. The van der Waals surface area contributed by atoms with Crippen LogP contribution in [0, 0.1) is 0 Å². The molecular formula is C19H31N3O3. The summed E-state index contributed by atoms with van der Waals surface area (Å²) in [6.07, 6.45) is 1.22. The van der Waals surface area contributed by atoms with Crippen LogP contribution in [0.15, 0.2) is 24.3 Å². The molecule has 2 rings (SSSR count). The van der Waals surface area contributed by atoms with Gasteiger partial charge >= 0.3 is 6.03 Å². The Morgan fingerprint density at radius 2 is 1.84 bits per heavy atom. The number of aliphatic hydroxyl groups is 1. The van der Waals surface area contributed by atoms with E-state index >= 15 is 0 Å². The average molecular weight is 349 g/mol. The summed E-state index contributed by atoms with van der Waals surface area (Å²) in [6, 6.07) is 7.95. The summed E-state index contributed by atoms with van der Waals surface area (Å²) >= 11 is 0. The van der Waals surface area contributed by atoms with E-state index in [0.717, 1.165) is 32.0 Å². The van der Waals surface area contributed by atoms with Crippen LogP contribution in [0.4, 0.5) is 10.5 Å². The van der Waals surface area contributed by atoms with Gasteiger partial charge in [-0.1, -0.05) is 26.0 Å². The summed E-state index contributed by atoms with van der Waals surface area (Å²) in [7, 11) is 0. The molecule has 6 nitrogen and oxygen atoms in total. The summed E-state index contributed by atoms with van der Waals surface area (Å²) in [5.41, 5.74) is 1.13. The van der Waals surface area contributed by atoms with Crippen molar-refractivity contribution in [2.75, 3.05) is 38.2 Å². The van der Waals surface area contributed by atoms with Gasteiger partial charge in [0.15, 0.2) is 0 Å². The molecule has 0 bridgehead atoms. The second kappa shape index (κ2) is 9.17. The number of hydrogen-bond donors (Lipinski definition) is 3. The van der Waals surface area contributed by atoms with Gasteiger partial charge < -0.3 is 20.5 Å². The maximum atomic E-state index is 12.0. The molecule has 25 heavy (non-hydrogen) atoms. The van der Waals surface area contributed by atoms with Gasteiger partial charge in [-0.15, -0.1) is 0 Å². The molecule has 6 heteroatoms. The predicted octanol–water partition coefficient (Wildman–Crippen LogP) is 2.75. The first-order valence-corrected chi connectivity index (χ1v) is 9.16. The summed E-state index contributed by atoms with van der Waals surface area (Å²) in [5, 5.41) is 15.8. The summed E-state index contributed by atoms with van der Waals surface area (Å²) < 4.78 is 5.40. The molecule has 2 amide bonds. The van der Waals surface area contributed by atoms with E-state index in [0.29, 0.717) is 18.9 Å². The van der Waals surface area contributed by atoms with Crippen LogP contribution in [0.2, 0.25) is 0 Å². The Morgan fingerprint density at radius 1 is 1.24 bits per heavy atom. The van der Waals surface area contributed by atoms with E-state index in [1.807, 2.05) is 38.1 Å². The Kier molecular flexibility index (Phi) is 7.23. The summed E-state index contributed by atoms with van der Waals surface area (Å²) in [4.78, 5) is 14.4. The topological polar surface area (TPSA) is 73.8 Å². The number of amides is 2. The van der Waals surface area contributed by atoms with Crippen molar-refractivity contribution in [3.05, 3.63) is 29.8 Å². The van der Waals surface area contributed by atoms with Gasteiger partial charge in [0.1, 0.15) is 0 Å². The first-order valence-electron chi connectivity index (χ1n) is 9.16. The molecule has 1 aliphatic heterocycles. The third kappa shape index (κ3) is 5.70. The first-order chi connectivity index (χ1) is 12.0. The van der Waals surface area contributed by atoms with Crippen LogP contribution in [0.3, 0.4) is 0 Å². The van der Waals surface area contributed by atoms with Crippen LogP contribution in [-0.2, 0) is 4.74 Å². The number of urea groups is 1. The molecule has 1 saturated heterocycles. The lowest BCUT2D eigenvalue weighted by Crippen LogP contribution is -2.43. The number of hydrogen-bond acceptors (Lipinski definition) is 4. The van der Waals surface area contributed by atoms with Gasteiger partial charge in [-0.25, -0.2) is 4.79 Å². The number of ether oxygens (including phenoxy) is 1. The molecule has 0 radical (unpaired) electrons. The van der Waals surface area contributed by atoms with E-state index in [9.17, 15) is 9.90 Å². The van der Waals surface area contributed by atoms with E-state index in [-0.39, 0.29) is 12.6 Å². The predicted molar refractivity (Wildman–Crippen MR) is 99.8 cm³/mol. The highest BCUT2D eigenvalue weighted by atomic mass is 16.5. The van der Waals surface area contributed by atoms with Crippen LogP contribution in [0.5, 0.6) is 0 Å². The zero-order chi connectivity index (χ0) is 18.3. The second-order valence-corrected chi connectivity index (χ2v) is 6.69. The highest BCUT2D eigenvalue weighted by Gasteiger charge is 2.23. The molecule has 1 aliphatic rings. The monoisotopic (exact) mass is 349 g/mol. The molecule has 1 heterocycles. The number of anilines is 1. The van der Waals surface area contributed by atoms with Crippen molar-refractivity contribution < 1.29 is 14.6 Å². The summed E-state index contributed by atoms with van der Waals surface area (Å²) in [5.74, 6) is 0. The molecule has 1 aromatic rings. The molecule has 1 aromatic carbocycles. The minimum atomic E-state index is -0.839. The zero-order valence-electron chi connectivity index (χ0n) is 15.5. The SMILES string of the molecule is CCC(O)(CC)CNC(=O)Nc1ccc([C@H](C)N2CCOCC2)cc1. The van der Waals surface area contributed by atoms with Crippen molar-refractivity contribution >= 4 is 11.7 Å². The Labute approximate surface area is 150 Å². The Hall–Kier alpha value is -1.63. The van der Waals surface area contributed by atoms with Gasteiger partial charge in [0.2, 0.25) is 0 Å². The van der Waals surface area contributed by atoms with Gasteiger partial charge in [-0.3, -0.25) is 4.90 Å². The van der Waals surface area contributed by atoms with E-state index in [2.05, 4.69) is 22.5 Å². The van der Waals surface area contributed by atoms with E-state index in [4.69, 9.17) is 4.74 Å². The van der Waals surface area contributed by atoms with Gasteiger partial charge in [-0.05, 0) is 37.5 Å². The molecule has 1 atom stereocenters. The number of rotatable bonds is 7. The second-order valence-electron chi connectivity index (χ2n) is 6.69. The molecule has 0 aliphatic carbocycles. The number of carbonyl (C=O) groups excluding carboxylic acids is 1. The molecule has 0 aromatic heterocycles. The van der Waals surface area contributed by atoms with E-state index in [1.165, 1.54) is 5.56 Å². The Balaban J connectivity index is 1.86. The van der Waals surface area contributed by atoms with Crippen LogP contribution in [-0.4, -0.2) is 54.5 Å². The number of carbonyl (C=O) groups is 1. The van der Waals surface area contributed by atoms with Gasteiger partial charge in [0, 0.05) is 31.4 Å². The number of nitrogens with zero attached hydrogens (tertiary/aromatic N) is 1. The largest absolute Gasteiger partial charge is 0.388 e. The van der Waals surface area contributed by atoms with Crippen molar-refractivity contribution in [2.24, 2.45) is 0 Å². The maximum absolute atomic E-state index is 12.0. The third-order valence-electron chi connectivity index (χ3n) is 5.14. The molecule has 0 spiro atoms. The number of nitrogens with one attached hydrogen (secondary N) is 2. The number of morpholine rings is 1. The fraction of sp³-hybridized carbons (Fsp3) is 0.632. The van der Waals surface area contributed by atoms with Crippen molar-refractivity contribution in [1.29, 1.82) is 0 Å². The lowest BCUT2D eigenvalue weighted by atomic mass is 9.98. The quantitative estimate of drug-likeness (QED) is 0.708. The lowest BCUT2D eigenvalue weighted by molar-refractivity contribution is 0.0198. The van der Waals surface area contributed by atoms with Crippen LogP contribution in [0.1, 0.15) is 45.2 Å². The lowest BCUT2D eigenvalue weighted by Gasteiger charge is -2.32. The van der Waals surface area contributed by atoms with Gasteiger partial charge in [0.05, 0.1) is 18.8 Å². The van der Waals surface area contributed by atoms with Crippen molar-refractivity contribution in [2.45, 2.75) is 45.3 Å². The Bertz CT molecular complexity index is 537. The van der Waals surface area contributed by atoms with Crippen molar-refractivity contribution in [3.63, 3.8) is 0 Å². The molecule has 3 N–H and O–H groups in total. The van der Waals surface area contributed by atoms with Crippen LogP contribution >= 0.6 is 0 Å². The molecular weight excluding hydrogens is 318 g/mol. The first kappa shape index (κ1) is 19.7. The fourth-order valence-electron chi connectivity index (χ4n) is 2.94. The normalized spacial score (nSPS) is 17.1. The van der Waals surface area contributed by atoms with E-state index < -0.39 is 5.60 Å². The highest BCUT2D eigenvalue weighted by molar-refractivity contribution is 5.89. The van der Waals surface area contributed by atoms with Gasteiger partial charge in [0.25, 0.3) is 0 Å². The van der Waals surface area contributed by atoms with Crippen LogP contribution < -0.4 is 10.6 Å². The summed E-state index contributed by atoms with van der Waals surface area (Å²) in [6.45, 7) is 9.73. The molecule has 1 fully saturated rings. The smallest absolute Gasteiger partial charge is 0.319 e. The van der Waals surface area contributed by atoms with Crippen LogP contribution in [0.25, 0.3) is 0 Å². The highest BCUT2D eigenvalue weighted by Crippen LogP contribution is 2.22. The molecule has 0 unspecified atom stereocenters. The van der Waals surface area contributed by atoms with Gasteiger partial charge in [-0.2, -0.15) is 0 Å². The zero-order valence-corrected chi connectivity index (χ0v) is 15.5. The fourth-order valence-corrected chi connectivity index (χ4v) is 2.94. The Morgan fingerprint density at radius 3 is 2.40 bits per heavy atom. The minimum absolute atomic E-state index is 0.248. The van der Waals surface area contributed by atoms with Crippen molar-refractivity contribution in [3.8, 4) is 0 Å². The standard InChI is InChI=1S/C19H31N3O3/c1-4-19(24,5-2)14-20-18(23)21-17-8-6-16(7-9-17)15(3)22-10-12-25-13-11-22/h6-9,15,24H,4-5,10-14H2,1-3H3,(H2,20,21,23)/t15-/m0/s1. The third-order valence-corrected chi connectivity index (χ3v) is 5.14.